The molecule has 0 saturated heterocycles. The molecule has 7 heteroatoms. The van der Waals surface area contributed by atoms with Crippen LogP contribution in [0, 0.1) is 0 Å². The fourth-order valence-corrected chi connectivity index (χ4v) is 2.22. The van der Waals surface area contributed by atoms with Crippen LogP contribution in [0.25, 0.3) is 0 Å². The molecule has 5 nitrogen and oxygen atoms in total. The summed E-state index contributed by atoms with van der Waals surface area (Å²) in [5.74, 6) is 0.937. The van der Waals surface area contributed by atoms with Crippen molar-refractivity contribution in [3.63, 3.8) is 0 Å². The maximum atomic E-state index is 10.7. The van der Waals surface area contributed by atoms with Crippen molar-refractivity contribution in [3.05, 3.63) is 0 Å². The van der Waals surface area contributed by atoms with Crippen molar-refractivity contribution in [2.45, 2.75) is 11.3 Å². The molecule has 13 heavy (non-hydrogen) atoms. The third kappa shape index (κ3) is 3.19. The number of anilines is 1. The minimum Gasteiger partial charge on any atom is -0.453 e. The lowest BCUT2D eigenvalue weighted by atomic mass is 11.0. The summed E-state index contributed by atoms with van der Waals surface area (Å²) in [6.45, 7) is 2.03. The van der Waals surface area contributed by atoms with E-state index in [0.717, 1.165) is 10.1 Å². The second-order valence-corrected chi connectivity index (χ2v) is 4.41. The molecule has 0 spiro atoms. The SMILES string of the molecule is CCSc1nnc(NC(=O)OC)s1. The first kappa shape index (κ1) is 10.3. The lowest BCUT2D eigenvalue weighted by molar-refractivity contribution is 0.187. The number of ether oxygens (including phenoxy) is 1. The summed E-state index contributed by atoms with van der Waals surface area (Å²) >= 11 is 2.91. The fraction of sp³-hybridized carbons (Fsp3) is 0.500. The predicted octanol–water partition coefficient (Wildman–Crippen LogP) is 1.83. The van der Waals surface area contributed by atoms with Gasteiger partial charge in [0, 0.05) is 0 Å². The van der Waals surface area contributed by atoms with Crippen LogP contribution in [0.1, 0.15) is 6.92 Å². The molecule has 1 N–H and O–H groups in total. The number of rotatable bonds is 3. The summed E-state index contributed by atoms with van der Waals surface area (Å²) in [4.78, 5) is 10.7. The number of thioether (sulfide) groups is 1. The Balaban J connectivity index is 2.53. The van der Waals surface area contributed by atoms with Crippen LogP contribution in [0.3, 0.4) is 0 Å². The van der Waals surface area contributed by atoms with Gasteiger partial charge in [-0.25, -0.2) is 4.79 Å². The Bertz CT molecular complexity index is 289. The number of amides is 1. The Hall–Kier alpha value is -0.820. The van der Waals surface area contributed by atoms with E-state index in [1.54, 1.807) is 11.8 Å². The molecule has 0 aliphatic heterocycles. The predicted molar refractivity (Wildman–Crippen MR) is 52.3 cm³/mol. The number of nitrogens with one attached hydrogen (secondary N) is 1. The molecule has 0 saturated carbocycles. The van der Waals surface area contributed by atoms with Crippen molar-refractivity contribution >= 4 is 34.3 Å². The Morgan fingerprint density at radius 3 is 3.08 bits per heavy atom. The van der Waals surface area contributed by atoms with Crippen LogP contribution in [-0.2, 0) is 4.74 Å². The number of aromatic nitrogens is 2. The molecule has 0 atom stereocenters. The first-order valence-corrected chi connectivity index (χ1v) is 5.37. The summed E-state index contributed by atoms with van der Waals surface area (Å²) in [7, 11) is 1.30. The molecule has 1 rings (SSSR count). The molecule has 72 valence electrons. The Kier molecular flexibility index (Phi) is 3.97. The van der Waals surface area contributed by atoms with Crippen LogP contribution in [-0.4, -0.2) is 29.2 Å². The highest BCUT2D eigenvalue weighted by atomic mass is 32.2. The van der Waals surface area contributed by atoms with Crippen LogP contribution >= 0.6 is 23.1 Å². The van der Waals surface area contributed by atoms with E-state index in [4.69, 9.17) is 0 Å². The van der Waals surface area contributed by atoms with E-state index in [0.29, 0.717) is 5.13 Å². The summed E-state index contributed by atoms with van der Waals surface area (Å²) in [6, 6.07) is 0. The largest absolute Gasteiger partial charge is 0.453 e. The van der Waals surface area contributed by atoms with E-state index in [1.165, 1.54) is 18.4 Å². The van der Waals surface area contributed by atoms with E-state index >= 15 is 0 Å². The van der Waals surface area contributed by atoms with E-state index in [1.807, 2.05) is 6.92 Å². The van der Waals surface area contributed by atoms with Gasteiger partial charge in [-0.05, 0) is 5.75 Å². The molecule has 0 fully saturated rings. The lowest BCUT2D eigenvalue weighted by Crippen LogP contribution is -2.10. The van der Waals surface area contributed by atoms with Gasteiger partial charge in [0.2, 0.25) is 5.13 Å². The highest BCUT2D eigenvalue weighted by Crippen LogP contribution is 2.24. The second kappa shape index (κ2) is 5.03. The Labute approximate surface area is 83.9 Å². The Morgan fingerprint density at radius 1 is 1.69 bits per heavy atom. The molecular weight excluding hydrogens is 210 g/mol. The second-order valence-electron chi connectivity index (χ2n) is 1.92. The highest BCUT2D eigenvalue weighted by molar-refractivity contribution is 8.01. The van der Waals surface area contributed by atoms with Crippen molar-refractivity contribution in [2.75, 3.05) is 18.2 Å². The standard InChI is InChI=1S/C6H9N3O2S2/c1-3-12-6-9-8-4(13-6)7-5(10)11-2/h3H2,1-2H3,(H,7,8,10). The van der Waals surface area contributed by atoms with E-state index in [-0.39, 0.29) is 0 Å². The summed E-state index contributed by atoms with van der Waals surface area (Å²) in [5.41, 5.74) is 0. The normalized spacial score (nSPS) is 9.69. The Morgan fingerprint density at radius 2 is 2.46 bits per heavy atom. The lowest BCUT2D eigenvalue weighted by Gasteiger charge is -1.95. The van der Waals surface area contributed by atoms with Gasteiger partial charge in [0.25, 0.3) is 0 Å². The molecule has 0 aliphatic rings. The van der Waals surface area contributed by atoms with E-state index in [2.05, 4.69) is 20.3 Å². The average Bonchev–Trinajstić information content (AvgIpc) is 2.53. The number of hydrogen-bond acceptors (Lipinski definition) is 6. The van der Waals surface area contributed by atoms with Gasteiger partial charge in [0.15, 0.2) is 4.34 Å². The van der Waals surface area contributed by atoms with Crippen LogP contribution in [0.2, 0.25) is 0 Å². The summed E-state index contributed by atoms with van der Waals surface area (Å²) in [6.07, 6.45) is -0.524. The van der Waals surface area contributed by atoms with Gasteiger partial charge in [-0.3, -0.25) is 5.32 Å². The number of carbonyl (C=O) groups is 1. The van der Waals surface area contributed by atoms with Crippen LogP contribution < -0.4 is 5.32 Å². The molecule has 0 aliphatic carbocycles. The van der Waals surface area contributed by atoms with Gasteiger partial charge in [-0.2, -0.15) is 0 Å². The first-order chi connectivity index (χ1) is 6.26. The van der Waals surface area contributed by atoms with Crippen LogP contribution in [0.4, 0.5) is 9.93 Å². The quantitative estimate of drug-likeness (QED) is 0.620. The molecule has 1 aromatic heterocycles. The first-order valence-electron chi connectivity index (χ1n) is 3.57. The van der Waals surface area contributed by atoms with Crippen molar-refractivity contribution in [1.82, 2.24) is 10.2 Å². The zero-order valence-electron chi connectivity index (χ0n) is 7.23. The van der Waals surface area contributed by atoms with Crippen molar-refractivity contribution < 1.29 is 9.53 Å². The minimum atomic E-state index is -0.524. The maximum Gasteiger partial charge on any atom is 0.413 e. The van der Waals surface area contributed by atoms with Gasteiger partial charge in [-0.1, -0.05) is 30.0 Å². The maximum absolute atomic E-state index is 10.7. The molecule has 0 unspecified atom stereocenters. The molecule has 0 radical (unpaired) electrons. The number of methoxy groups -OCH3 is 1. The van der Waals surface area contributed by atoms with Gasteiger partial charge < -0.3 is 4.74 Å². The summed E-state index contributed by atoms with van der Waals surface area (Å²) < 4.78 is 5.25. The van der Waals surface area contributed by atoms with E-state index in [9.17, 15) is 4.79 Å². The van der Waals surface area contributed by atoms with Crippen LogP contribution in [0.15, 0.2) is 4.34 Å². The molecule has 1 amide bonds. The molecule has 0 bridgehead atoms. The number of nitrogens with zero attached hydrogens (tertiary/aromatic N) is 2. The van der Waals surface area contributed by atoms with Crippen LogP contribution in [0.5, 0.6) is 0 Å². The third-order valence-corrected chi connectivity index (χ3v) is 2.92. The van der Waals surface area contributed by atoms with Crippen molar-refractivity contribution in [3.8, 4) is 0 Å². The molecule has 0 aromatic carbocycles. The monoisotopic (exact) mass is 219 g/mol. The molecular formula is C6H9N3O2S2. The number of carbonyl (C=O) groups excluding carboxylic acids is 1. The van der Waals surface area contributed by atoms with Crippen molar-refractivity contribution in [1.29, 1.82) is 0 Å². The van der Waals surface area contributed by atoms with E-state index < -0.39 is 6.09 Å². The molecule has 1 heterocycles. The topological polar surface area (TPSA) is 64.1 Å². The number of hydrogen-bond donors (Lipinski definition) is 1. The zero-order chi connectivity index (χ0) is 9.68. The van der Waals surface area contributed by atoms with Gasteiger partial charge in [-0.15, -0.1) is 10.2 Å². The van der Waals surface area contributed by atoms with Gasteiger partial charge >= 0.3 is 6.09 Å². The van der Waals surface area contributed by atoms with Crippen molar-refractivity contribution in [2.24, 2.45) is 0 Å². The highest BCUT2D eigenvalue weighted by Gasteiger charge is 2.06. The molecule has 1 aromatic rings. The van der Waals surface area contributed by atoms with Gasteiger partial charge in [0.1, 0.15) is 0 Å². The average molecular weight is 219 g/mol. The minimum absolute atomic E-state index is 0.461. The smallest absolute Gasteiger partial charge is 0.413 e. The summed E-state index contributed by atoms with van der Waals surface area (Å²) in [5, 5.41) is 10.5. The van der Waals surface area contributed by atoms with Gasteiger partial charge in [0.05, 0.1) is 7.11 Å². The third-order valence-electron chi connectivity index (χ3n) is 1.07. The zero-order valence-corrected chi connectivity index (χ0v) is 8.87. The fourth-order valence-electron chi connectivity index (χ4n) is 0.580.